The third kappa shape index (κ3) is 5.55. The van der Waals surface area contributed by atoms with Gasteiger partial charge >= 0.3 is 0 Å². The topological polar surface area (TPSA) is 68.2 Å². The fourth-order valence-electron chi connectivity index (χ4n) is 2.97. The van der Waals surface area contributed by atoms with Gasteiger partial charge in [0.15, 0.2) is 0 Å². The van der Waals surface area contributed by atoms with E-state index in [4.69, 9.17) is 14.2 Å². The molecule has 3 aromatic carbocycles. The molecule has 5 heteroatoms. The molecule has 3 aromatic rings. The Balaban J connectivity index is 1.82. The van der Waals surface area contributed by atoms with E-state index >= 15 is 0 Å². The summed E-state index contributed by atoms with van der Waals surface area (Å²) in [4.78, 5) is 0. The van der Waals surface area contributed by atoms with E-state index in [1.54, 1.807) is 42.5 Å². The molecule has 0 aromatic heterocycles. The van der Waals surface area contributed by atoms with Crippen molar-refractivity contribution in [3.05, 3.63) is 89.5 Å². The Bertz CT molecular complexity index is 982. The second-order valence-electron chi connectivity index (χ2n) is 6.64. The van der Waals surface area contributed by atoms with Crippen LogP contribution in [0.2, 0.25) is 0 Å². The molecule has 1 unspecified atom stereocenters. The van der Waals surface area contributed by atoms with Crippen LogP contribution in [0.15, 0.2) is 72.8 Å². The Morgan fingerprint density at radius 1 is 0.933 bits per heavy atom. The van der Waals surface area contributed by atoms with E-state index in [9.17, 15) is 10.2 Å². The molecule has 5 nitrogen and oxygen atoms in total. The van der Waals surface area contributed by atoms with Crippen LogP contribution in [0.4, 0.5) is 0 Å². The lowest BCUT2D eigenvalue weighted by Gasteiger charge is -2.16. The van der Waals surface area contributed by atoms with Gasteiger partial charge in [-0.2, -0.15) is 0 Å². The molecule has 0 aliphatic heterocycles. The Labute approximate surface area is 176 Å². The van der Waals surface area contributed by atoms with Gasteiger partial charge in [-0.15, -0.1) is 0 Å². The predicted molar refractivity (Wildman–Crippen MR) is 117 cm³/mol. The number of benzene rings is 3. The Kier molecular flexibility index (Phi) is 7.35. The zero-order valence-corrected chi connectivity index (χ0v) is 17.1. The van der Waals surface area contributed by atoms with E-state index in [-0.39, 0.29) is 5.75 Å². The first kappa shape index (κ1) is 21.3. The van der Waals surface area contributed by atoms with Crippen LogP contribution in [0.25, 0.3) is 6.08 Å². The number of phenolic OH excluding ortho intramolecular Hbond substituents is 1. The maximum Gasteiger partial charge on any atom is 0.129 e. The number of methoxy groups -OCH3 is 1. The van der Waals surface area contributed by atoms with Gasteiger partial charge in [0.25, 0.3) is 0 Å². The summed E-state index contributed by atoms with van der Waals surface area (Å²) >= 11 is 0. The molecule has 0 aliphatic rings. The van der Waals surface area contributed by atoms with Crippen molar-refractivity contribution in [1.29, 1.82) is 0 Å². The SMILES string of the molecule is CCOc1ccc(C(O)C=Cc2ccc(OC)cc2O)c(OCc2ccccc2)c1. The minimum Gasteiger partial charge on any atom is -0.507 e. The molecule has 3 rings (SSSR count). The summed E-state index contributed by atoms with van der Waals surface area (Å²) in [5.41, 5.74) is 2.21. The molecular formula is C25H26O5. The van der Waals surface area contributed by atoms with Crippen molar-refractivity contribution in [3.63, 3.8) is 0 Å². The highest BCUT2D eigenvalue weighted by atomic mass is 16.5. The van der Waals surface area contributed by atoms with Gasteiger partial charge in [0.2, 0.25) is 0 Å². The Morgan fingerprint density at radius 2 is 1.70 bits per heavy atom. The van der Waals surface area contributed by atoms with Crippen LogP contribution in [0.5, 0.6) is 23.0 Å². The largest absolute Gasteiger partial charge is 0.507 e. The highest BCUT2D eigenvalue weighted by Gasteiger charge is 2.13. The zero-order valence-electron chi connectivity index (χ0n) is 17.1. The number of ether oxygens (including phenoxy) is 3. The van der Waals surface area contributed by atoms with Crippen LogP contribution in [-0.4, -0.2) is 23.9 Å². The summed E-state index contributed by atoms with van der Waals surface area (Å²) in [5, 5.41) is 20.9. The van der Waals surface area contributed by atoms with E-state index < -0.39 is 6.10 Å². The number of hydrogen-bond donors (Lipinski definition) is 2. The minimum atomic E-state index is -0.923. The summed E-state index contributed by atoms with van der Waals surface area (Å²) in [6, 6.07) is 20.2. The first-order chi connectivity index (χ1) is 14.6. The van der Waals surface area contributed by atoms with Crippen LogP contribution in [0.1, 0.15) is 29.7 Å². The summed E-state index contributed by atoms with van der Waals surface area (Å²) in [6.45, 7) is 2.83. The molecule has 0 aliphatic carbocycles. The second-order valence-corrected chi connectivity index (χ2v) is 6.64. The van der Waals surface area contributed by atoms with Gasteiger partial charge < -0.3 is 24.4 Å². The molecule has 0 bridgehead atoms. The number of phenols is 1. The number of rotatable bonds is 9. The quantitative estimate of drug-likeness (QED) is 0.516. The molecular weight excluding hydrogens is 380 g/mol. The van der Waals surface area contributed by atoms with E-state index in [1.807, 2.05) is 37.3 Å². The van der Waals surface area contributed by atoms with Crippen LogP contribution in [0.3, 0.4) is 0 Å². The number of aliphatic hydroxyl groups excluding tert-OH is 1. The third-order valence-electron chi connectivity index (χ3n) is 4.55. The number of aromatic hydroxyl groups is 1. The van der Waals surface area contributed by atoms with Crippen LogP contribution in [0, 0.1) is 0 Å². The molecule has 1 atom stereocenters. The lowest BCUT2D eigenvalue weighted by atomic mass is 10.1. The van der Waals surface area contributed by atoms with E-state index in [2.05, 4.69) is 0 Å². The van der Waals surface area contributed by atoms with Gasteiger partial charge in [0.05, 0.1) is 13.7 Å². The maximum atomic E-state index is 10.8. The fraction of sp³-hybridized carbons (Fsp3) is 0.200. The monoisotopic (exact) mass is 406 g/mol. The Morgan fingerprint density at radius 3 is 2.40 bits per heavy atom. The van der Waals surface area contributed by atoms with Gasteiger partial charge in [-0.3, -0.25) is 0 Å². The smallest absolute Gasteiger partial charge is 0.129 e. The van der Waals surface area contributed by atoms with Crippen molar-refractivity contribution >= 4 is 6.08 Å². The molecule has 0 radical (unpaired) electrons. The number of aliphatic hydroxyl groups is 1. The highest BCUT2D eigenvalue weighted by molar-refractivity contribution is 5.59. The summed E-state index contributed by atoms with van der Waals surface area (Å²) in [6.07, 6.45) is 2.34. The van der Waals surface area contributed by atoms with Crippen molar-refractivity contribution in [2.24, 2.45) is 0 Å². The first-order valence-electron chi connectivity index (χ1n) is 9.77. The average Bonchev–Trinajstić information content (AvgIpc) is 2.77. The van der Waals surface area contributed by atoms with E-state index in [0.29, 0.717) is 41.6 Å². The number of hydrogen-bond acceptors (Lipinski definition) is 5. The van der Waals surface area contributed by atoms with Gasteiger partial charge in [-0.05, 0) is 36.8 Å². The molecule has 0 saturated heterocycles. The van der Waals surface area contributed by atoms with Gasteiger partial charge in [0, 0.05) is 23.3 Å². The minimum absolute atomic E-state index is 0.0741. The van der Waals surface area contributed by atoms with Crippen molar-refractivity contribution in [3.8, 4) is 23.0 Å². The van der Waals surface area contributed by atoms with Crippen molar-refractivity contribution in [1.82, 2.24) is 0 Å². The lowest BCUT2D eigenvalue weighted by molar-refractivity contribution is 0.216. The zero-order chi connectivity index (χ0) is 21.3. The van der Waals surface area contributed by atoms with Crippen LogP contribution in [-0.2, 0) is 6.61 Å². The third-order valence-corrected chi connectivity index (χ3v) is 4.55. The molecule has 0 saturated carbocycles. The summed E-state index contributed by atoms with van der Waals surface area (Å²) in [5.74, 6) is 1.85. The first-order valence-corrected chi connectivity index (χ1v) is 9.77. The predicted octanol–water partition coefficient (Wildman–Crippen LogP) is 5.13. The van der Waals surface area contributed by atoms with Crippen LogP contribution >= 0.6 is 0 Å². The average molecular weight is 406 g/mol. The van der Waals surface area contributed by atoms with Crippen molar-refractivity contribution < 1.29 is 24.4 Å². The standard InChI is InChI=1S/C25H26O5/c1-3-29-21-12-13-22(25(16-21)30-17-18-7-5-4-6-8-18)23(26)14-10-19-9-11-20(28-2)15-24(19)27/h4-16,23,26-27H,3,17H2,1-2H3. The van der Waals surface area contributed by atoms with Gasteiger partial charge in [-0.25, -0.2) is 0 Å². The molecule has 156 valence electrons. The van der Waals surface area contributed by atoms with Gasteiger partial charge in [0.1, 0.15) is 35.7 Å². The molecule has 0 spiro atoms. The fourth-order valence-corrected chi connectivity index (χ4v) is 2.97. The molecule has 0 fully saturated rings. The molecule has 0 amide bonds. The Hall–Kier alpha value is -3.44. The molecule has 0 heterocycles. The van der Waals surface area contributed by atoms with Crippen molar-refractivity contribution in [2.45, 2.75) is 19.6 Å². The van der Waals surface area contributed by atoms with Gasteiger partial charge in [-0.1, -0.05) is 42.5 Å². The maximum absolute atomic E-state index is 10.8. The van der Waals surface area contributed by atoms with Crippen LogP contribution < -0.4 is 14.2 Å². The molecule has 2 N–H and O–H groups in total. The lowest BCUT2D eigenvalue weighted by Crippen LogP contribution is -2.03. The highest BCUT2D eigenvalue weighted by Crippen LogP contribution is 2.32. The summed E-state index contributed by atoms with van der Waals surface area (Å²) < 4.78 is 16.7. The van der Waals surface area contributed by atoms with E-state index in [1.165, 1.54) is 13.2 Å². The van der Waals surface area contributed by atoms with E-state index in [0.717, 1.165) is 5.56 Å². The van der Waals surface area contributed by atoms with Crippen molar-refractivity contribution in [2.75, 3.05) is 13.7 Å². The summed E-state index contributed by atoms with van der Waals surface area (Å²) in [7, 11) is 1.54. The second kappa shape index (κ2) is 10.4. The molecule has 30 heavy (non-hydrogen) atoms. The normalized spacial score (nSPS) is 12.0.